The van der Waals surface area contributed by atoms with E-state index in [1.165, 1.54) is 6.08 Å². The van der Waals surface area contributed by atoms with E-state index < -0.39 is 11.0 Å². The van der Waals surface area contributed by atoms with Crippen molar-refractivity contribution in [3.63, 3.8) is 0 Å². The lowest BCUT2D eigenvalue weighted by Gasteiger charge is -2.23. The first-order valence-electron chi connectivity index (χ1n) is 8.25. The molecule has 6 heteroatoms. The summed E-state index contributed by atoms with van der Waals surface area (Å²) in [6.07, 6.45) is 0.660. The van der Waals surface area contributed by atoms with Crippen LogP contribution in [0.25, 0.3) is 6.08 Å². The van der Waals surface area contributed by atoms with Crippen molar-refractivity contribution < 1.29 is 14.4 Å². The minimum atomic E-state index is -0.840. The molecule has 0 saturated carbocycles. The number of halogens is 1. The van der Waals surface area contributed by atoms with E-state index in [1.807, 2.05) is 30.3 Å². The molecule has 3 aromatic carbocycles. The van der Waals surface area contributed by atoms with Crippen molar-refractivity contribution in [1.29, 1.82) is 0 Å². The quantitative estimate of drug-likeness (QED) is 0.419. The molecule has 0 fully saturated rings. The number of para-hydroxylation sites is 1. The highest BCUT2D eigenvalue weighted by atomic mass is 35.5. The third kappa shape index (κ3) is 3.64. The van der Waals surface area contributed by atoms with E-state index >= 15 is 0 Å². The summed E-state index contributed by atoms with van der Waals surface area (Å²) < 4.78 is 11.8. The average molecular weight is 380 g/mol. The number of ether oxygens (including phenoxy) is 2. The van der Waals surface area contributed by atoms with Crippen LogP contribution in [0.5, 0.6) is 17.2 Å². The van der Waals surface area contributed by atoms with E-state index in [4.69, 9.17) is 21.1 Å². The average Bonchev–Trinajstić information content (AvgIpc) is 2.68. The summed E-state index contributed by atoms with van der Waals surface area (Å²) >= 11 is 5.98. The van der Waals surface area contributed by atoms with Crippen LogP contribution in [0.3, 0.4) is 0 Å². The third-order valence-corrected chi connectivity index (χ3v) is 4.37. The Labute approximate surface area is 160 Å². The predicted molar refractivity (Wildman–Crippen MR) is 103 cm³/mol. The Hall–Kier alpha value is -3.31. The van der Waals surface area contributed by atoms with Crippen molar-refractivity contribution in [2.75, 3.05) is 0 Å². The van der Waals surface area contributed by atoms with Crippen LogP contribution in [0.1, 0.15) is 17.2 Å². The minimum absolute atomic E-state index is 0.0540. The van der Waals surface area contributed by atoms with Crippen molar-refractivity contribution in [1.82, 2.24) is 0 Å². The molecule has 1 heterocycles. The maximum atomic E-state index is 11.6. The molecule has 1 atom stereocenters. The number of benzene rings is 3. The fourth-order valence-electron chi connectivity index (χ4n) is 2.91. The normalized spacial score (nSPS) is 15.3. The zero-order valence-electron chi connectivity index (χ0n) is 14.0. The van der Waals surface area contributed by atoms with Gasteiger partial charge in [0.1, 0.15) is 17.2 Å². The Morgan fingerprint density at radius 2 is 1.74 bits per heavy atom. The number of hydrogen-bond donors (Lipinski definition) is 0. The largest absolute Gasteiger partial charge is 0.474 e. The van der Waals surface area contributed by atoms with Gasteiger partial charge in [-0.25, -0.2) is 0 Å². The molecular weight excluding hydrogens is 366 g/mol. The molecule has 0 amide bonds. The van der Waals surface area contributed by atoms with E-state index in [1.54, 1.807) is 42.5 Å². The zero-order chi connectivity index (χ0) is 18.8. The summed E-state index contributed by atoms with van der Waals surface area (Å²) in [4.78, 5) is 11.2. The highest BCUT2D eigenvalue weighted by Crippen LogP contribution is 2.39. The maximum absolute atomic E-state index is 11.6. The molecule has 0 aromatic heterocycles. The molecule has 0 radical (unpaired) electrons. The molecule has 1 aliphatic rings. The topological polar surface area (TPSA) is 61.6 Å². The van der Waals surface area contributed by atoms with Crippen LogP contribution in [-0.2, 0) is 0 Å². The fraction of sp³-hybridized carbons (Fsp3) is 0.0476. The van der Waals surface area contributed by atoms with Gasteiger partial charge in [-0.2, -0.15) is 0 Å². The fourth-order valence-corrected chi connectivity index (χ4v) is 3.10. The first-order valence-corrected chi connectivity index (χ1v) is 8.63. The summed E-state index contributed by atoms with van der Waals surface area (Å²) in [6, 6.07) is 21.5. The second kappa shape index (κ2) is 7.13. The summed E-state index contributed by atoms with van der Waals surface area (Å²) in [7, 11) is 0. The first kappa shape index (κ1) is 17.1. The van der Waals surface area contributed by atoms with Gasteiger partial charge in [0.05, 0.1) is 4.92 Å². The highest BCUT2D eigenvalue weighted by molar-refractivity contribution is 6.30. The Kier molecular flexibility index (Phi) is 4.52. The second-order valence-electron chi connectivity index (χ2n) is 5.99. The molecule has 0 spiro atoms. The smallest absolute Gasteiger partial charge is 0.291 e. The van der Waals surface area contributed by atoms with Crippen LogP contribution in [-0.4, -0.2) is 4.92 Å². The lowest BCUT2D eigenvalue weighted by molar-refractivity contribution is -0.434. The summed E-state index contributed by atoms with van der Waals surface area (Å²) in [5.41, 5.74) is 1.16. The molecule has 3 aromatic rings. The van der Waals surface area contributed by atoms with Gasteiger partial charge in [-0.3, -0.25) is 10.1 Å². The lowest BCUT2D eigenvalue weighted by atomic mass is 10.0. The standard InChI is InChI=1S/C21H14ClNO4/c22-16-9-10-20-15(11-16)13-19(23(24)25)21(27-20)14-5-4-8-18(12-14)26-17-6-2-1-3-7-17/h1-13,21H/t21-/m1/s1. The van der Waals surface area contributed by atoms with E-state index in [9.17, 15) is 10.1 Å². The van der Waals surface area contributed by atoms with Crippen LogP contribution in [0.2, 0.25) is 5.02 Å². The van der Waals surface area contributed by atoms with Gasteiger partial charge in [-0.15, -0.1) is 0 Å². The lowest BCUT2D eigenvalue weighted by Crippen LogP contribution is -2.19. The Morgan fingerprint density at radius 3 is 2.52 bits per heavy atom. The van der Waals surface area contributed by atoms with Gasteiger partial charge in [0.15, 0.2) is 0 Å². The molecule has 27 heavy (non-hydrogen) atoms. The maximum Gasteiger partial charge on any atom is 0.291 e. The van der Waals surface area contributed by atoms with E-state index in [-0.39, 0.29) is 5.70 Å². The molecule has 0 saturated heterocycles. The van der Waals surface area contributed by atoms with Crippen molar-refractivity contribution in [2.24, 2.45) is 0 Å². The predicted octanol–water partition coefficient (Wildman–Crippen LogP) is 5.88. The molecular formula is C21H14ClNO4. The van der Waals surface area contributed by atoms with Gasteiger partial charge in [0, 0.05) is 22.2 Å². The van der Waals surface area contributed by atoms with E-state index in [0.29, 0.717) is 33.4 Å². The van der Waals surface area contributed by atoms with Gasteiger partial charge >= 0.3 is 0 Å². The van der Waals surface area contributed by atoms with Crippen molar-refractivity contribution in [2.45, 2.75) is 6.10 Å². The number of fused-ring (bicyclic) bond motifs is 1. The van der Waals surface area contributed by atoms with Crippen molar-refractivity contribution >= 4 is 17.7 Å². The van der Waals surface area contributed by atoms with Crippen LogP contribution in [0.15, 0.2) is 78.5 Å². The van der Waals surface area contributed by atoms with E-state index in [2.05, 4.69) is 0 Å². The van der Waals surface area contributed by atoms with Gasteiger partial charge in [-0.1, -0.05) is 41.9 Å². The van der Waals surface area contributed by atoms with Crippen molar-refractivity contribution in [3.8, 4) is 17.2 Å². The van der Waals surface area contributed by atoms with Crippen LogP contribution < -0.4 is 9.47 Å². The Morgan fingerprint density at radius 1 is 0.963 bits per heavy atom. The SMILES string of the molecule is O=[N+]([O-])C1=Cc2cc(Cl)ccc2O[C@@H]1c1cccc(Oc2ccccc2)c1. The molecule has 1 aliphatic heterocycles. The monoisotopic (exact) mass is 379 g/mol. The molecule has 0 bridgehead atoms. The third-order valence-electron chi connectivity index (χ3n) is 4.14. The van der Waals surface area contributed by atoms with Crippen LogP contribution >= 0.6 is 11.6 Å². The minimum Gasteiger partial charge on any atom is -0.474 e. The second-order valence-corrected chi connectivity index (χ2v) is 6.43. The van der Waals surface area contributed by atoms with Gasteiger partial charge < -0.3 is 9.47 Å². The molecule has 4 rings (SSSR count). The Balaban J connectivity index is 1.69. The number of rotatable bonds is 4. The molecule has 134 valence electrons. The van der Waals surface area contributed by atoms with Crippen LogP contribution in [0, 0.1) is 10.1 Å². The number of nitrogens with zero attached hydrogens (tertiary/aromatic N) is 1. The van der Waals surface area contributed by atoms with Crippen LogP contribution in [0.4, 0.5) is 0 Å². The zero-order valence-corrected chi connectivity index (χ0v) is 14.8. The molecule has 0 N–H and O–H groups in total. The van der Waals surface area contributed by atoms with Crippen molar-refractivity contribution in [3.05, 3.63) is 105 Å². The summed E-state index contributed by atoms with van der Waals surface area (Å²) in [6.45, 7) is 0. The Bertz CT molecular complexity index is 1030. The number of nitro groups is 1. The van der Waals surface area contributed by atoms with E-state index in [0.717, 1.165) is 0 Å². The van der Waals surface area contributed by atoms with Gasteiger partial charge in [0.25, 0.3) is 5.70 Å². The van der Waals surface area contributed by atoms with Gasteiger partial charge in [0.2, 0.25) is 6.10 Å². The first-order chi connectivity index (χ1) is 13.1. The molecule has 5 nitrogen and oxygen atoms in total. The number of hydrogen-bond acceptors (Lipinski definition) is 4. The molecule has 0 unspecified atom stereocenters. The summed E-state index contributed by atoms with van der Waals surface area (Å²) in [5.74, 6) is 1.81. The van der Waals surface area contributed by atoms with Gasteiger partial charge in [-0.05, 0) is 42.5 Å². The molecule has 0 aliphatic carbocycles. The highest BCUT2D eigenvalue weighted by Gasteiger charge is 2.33. The summed E-state index contributed by atoms with van der Waals surface area (Å²) in [5, 5.41) is 12.1.